The first-order valence-electron chi connectivity index (χ1n) is 4.67. The van der Waals surface area contributed by atoms with Gasteiger partial charge in [0, 0.05) is 16.0 Å². The molecule has 0 amide bonds. The molecule has 0 atom stereocenters. The number of nitrogens with two attached hydrogens (primary N) is 1. The van der Waals surface area contributed by atoms with Crippen LogP contribution < -0.4 is 5.73 Å². The summed E-state index contributed by atoms with van der Waals surface area (Å²) < 4.78 is 0. The van der Waals surface area contributed by atoms with Gasteiger partial charge in [0.2, 0.25) is 0 Å². The summed E-state index contributed by atoms with van der Waals surface area (Å²) in [6.07, 6.45) is 3.46. The molecule has 0 spiro atoms. The van der Waals surface area contributed by atoms with Crippen molar-refractivity contribution in [2.45, 2.75) is 30.2 Å². The number of hydrogen-bond donors (Lipinski definition) is 1. The van der Waals surface area contributed by atoms with Crippen LogP contribution in [0, 0.1) is 0 Å². The summed E-state index contributed by atoms with van der Waals surface area (Å²) in [4.78, 5) is 0. The first kappa shape index (κ1) is 7.84. The molecule has 4 rings (SSSR count). The molecule has 3 aliphatic carbocycles. The lowest BCUT2D eigenvalue weighted by Crippen LogP contribution is -2.74. The van der Waals surface area contributed by atoms with Crippen molar-refractivity contribution in [3.05, 3.63) is 34.9 Å². The Morgan fingerprint density at radius 1 is 1.23 bits per heavy atom. The van der Waals surface area contributed by atoms with Crippen molar-refractivity contribution >= 4 is 11.6 Å². The smallest absolute Gasteiger partial charge is 0.0408 e. The van der Waals surface area contributed by atoms with Crippen molar-refractivity contribution < 1.29 is 0 Å². The van der Waals surface area contributed by atoms with Crippen LogP contribution in [0.2, 0.25) is 5.02 Å². The van der Waals surface area contributed by atoms with Gasteiger partial charge in [-0.1, -0.05) is 23.7 Å². The first-order valence-corrected chi connectivity index (χ1v) is 5.05. The van der Waals surface area contributed by atoms with Crippen LogP contribution >= 0.6 is 11.6 Å². The standard InChI is InChI=1S/C11H12ClN/c12-9-3-1-2-8(4-9)10-5-11(13,6-10)7-10/h1-4H,5-7,13H2. The lowest BCUT2D eigenvalue weighted by atomic mass is 9.38. The van der Waals surface area contributed by atoms with Crippen LogP contribution in [-0.2, 0) is 5.41 Å². The molecule has 68 valence electrons. The second kappa shape index (κ2) is 2.10. The monoisotopic (exact) mass is 193 g/mol. The highest BCUT2D eigenvalue weighted by Crippen LogP contribution is 2.66. The van der Waals surface area contributed by atoms with E-state index in [1.54, 1.807) is 0 Å². The predicted molar refractivity (Wildman–Crippen MR) is 53.9 cm³/mol. The maximum absolute atomic E-state index is 6.02. The third-order valence-electron chi connectivity index (χ3n) is 3.51. The van der Waals surface area contributed by atoms with E-state index < -0.39 is 0 Å². The number of rotatable bonds is 1. The van der Waals surface area contributed by atoms with Gasteiger partial charge in [-0.2, -0.15) is 0 Å². The van der Waals surface area contributed by atoms with E-state index in [2.05, 4.69) is 12.1 Å². The first-order chi connectivity index (χ1) is 6.12. The van der Waals surface area contributed by atoms with E-state index in [0.29, 0.717) is 5.41 Å². The minimum atomic E-state index is 0.183. The van der Waals surface area contributed by atoms with E-state index >= 15 is 0 Å². The molecule has 13 heavy (non-hydrogen) atoms. The van der Waals surface area contributed by atoms with Crippen LogP contribution in [0.1, 0.15) is 24.8 Å². The lowest BCUT2D eigenvalue weighted by molar-refractivity contribution is -0.0589. The Kier molecular flexibility index (Phi) is 1.27. The highest BCUT2D eigenvalue weighted by molar-refractivity contribution is 6.30. The molecule has 2 heteroatoms. The molecule has 2 N–H and O–H groups in total. The molecule has 1 nitrogen and oxygen atoms in total. The molecule has 3 aliphatic rings. The van der Waals surface area contributed by atoms with Gasteiger partial charge < -0.3 is 5.73 Å². The molecular formula is C11H12ClN. The fraction of sp³-hybridized carbons (Fsp3) is 0.455. The minimum Gasteiger partial charge on any atom is -0.325 e. The Labute approximate surface area is 82.9 Å². The molecule has 0 saturated heterocycles. The maximum atomic E-state index is 6.02. The van der Waals surface area contributed by atoms with E-state index in [-0.39, 0.29) is 5.54 Å². The van der Waals surface area contributed by atoms with Gasteiger partial charge in [-0.3, -0.25) is 0 Å². The predicted octanol–water partition coefficient (Wildman–Crippen LogP) is 2.47. The van der Waals surface area contributed by atoms with Gasteiger partial charge in [0.05, 0.1) is 0 Å². The molecule has 2 bridgehead atoms. The molecule has 3 fully saturated rings. The average Bonchev–Trinajstić information content (AvgIpc) is 1.97. The van der Waals surface area contributed by atoms with Crippen molar-refractivity contribution in [2.24, 2.45) is 5.73 Å². The van der Waals surface area contributed by atoms with Gasteiger partial charge in [0.15, 0.2) is 0 Å². The quantitative estimate of drug-likeness (QED) is 0.729. The third-order valence-corrected chi connectivity index (χ3v) is 3.74. The maximum Gasteiger partial charge on any atom is 0.0408 e. The summed E-state index contributed by atoms with van der Waals surface area (Å²) >= 11 is 5.95. The largest absolute Gasteiger partial charge is 0.325 e. The molecule has 1 aromatic rings. The number of benzene rings is 1. The Morgan fingerprint density at radius 2 is 1.92 bits per heavy atom. The van der Waals surface area contributed by atoms with Gasteiger partial charge in [0.25, 0.3) is 0 Å². The molecule has 0 aromatic heterocycles. The van der Waals surface area contributed by atoms with Crippen molar-refractivity contribution in [3.63, 3.8) is 0 Å². The number of hydrogen-bond acceptors (Lipinski definition) is 1. The molecule has 0 unspecified atom stereocenters. The van der Waals surface area contributed by atoms with E-state index in [0.717, 1.165) is 24.3 Å². The Morgan fingerprint density at radius 3 is 2.46 bits per heavy atom. The van der Waals surface area contributed by atoms with Gasteiger partial charge >= 0.3 is 0 Å². The minimum absolute atomic E-state index is 0.183. The summed E-state index contributed by atoms with van der Waals surface area (Å²) in [6.45, 7) is 0. The molecular weight excluding hydrogens is 182 g/mol. The zero-order valence-electron chi connectivity index (χ0n) is 7.39. The van der Waals surface area contributed by atoms with E-state index in [4.69, 9.17) is 17.3 Å². The van der Waals surface area contributed by atoms with Crippen molar-refractivity contribution in [1.82, 2.24) is 0 Å². The molecule has 0 aliphatic heterocycles. The highest BCUT2D eigenvalue weighted by atomic mass is 35.5. The average molecular weight is 194 g/mol. The summed E-state index contributed by atoms with van der Waals surface area (Å²) in [5.41, 5.74) is 7.98. The molecule has 0 heterocycles. The Balaban J connectivity index is 1.95. The van der Waals surface area contributed by atoms with Crippen molar-refractivity contribution in [3.8, 4) is 0 Å². The second-order valence-corrected chi connectivity index (χ2v) is 5.12. The molecule has 1 aromatic carbocycles. The van der Waals surface area contributed by atoms with Crippen molar-refractivity contribution in [1.29, 1.82) is 0 Å². The van der Waals surface area contributed by atoms with Crippen molar-refractivity contribution in [2.75, 3.05) is 0 Å². The second-order valence-electron chi connectivity index (χ2n) is 4.68. The molecule has 0 radical (unpaired) electrons. The van der Waals surface area contributed by atoms with Crippen LogP contribution in [0.15, 0.2) is 24.3 Å². The van der Waals surface area contributed by atoms with Crippen LogP contribution in [0.4, 0.5) is 0 Å². The fourth-order valence-corrected chi connectivity index (χ4v) is 3.18. The zero-order chi connectivity index (χ0) is 9.10. The normalized spacial score (nSPS) is 40.8. The van der Waals surface area contributed by atoms with E-state index in [1.165, 1.54) is 5.56 Å². The van der Waals surface area contributed by atoms with Crippen LogP contribution in [0.25, 0.3) is 0 Å². The highest BCUT2D eigenvalue weighted by Gasteiger charge is 2.66. The third kappa shape index (κ3) is 0.918. The zero-order valence-corrected chi connectivity index (χ0v) is 8.14. The van der Waals surface area contributed by atoms with Gasteiger partial charge in [-0.05, 0) is 37.0 Å². The van der Waals surface area contributed by atoms with E-state index in [1.807, 2.05) is 12.1 Å². The fourth-order valence-electron chi connectivity index (χ4n) is 2.99. The van der Waals surface area contributed by atoms with Crippen LogP contribution in [0.3, 0.4) is 0 Å². The van der Waals surface area contributed by atoms with E-state index in [9.17, 15) is 0 Å². The van der Waals surface area contributed by atoms with Crippen LogP contribution in [0.5, 0.6) is 0 Å². The lowest BCUT2D eigenvalue weighted by Gasteiger charge is -2.69. The topological polar surface area (TPSA) is 26.0 Å². The SMILES string of the molecule is NC12CC(c3cccc(Cl)c3)(C1)C2. The summed E-state index contributed by atoms with van der Waals surface area (Å²) in [5, 5.41) is 0.841. The summed E-state index contributed by atoms with van der Waals surface area (Å²) in [7, 11) is 0. The van der Waals surface area contributed by atoms with Gasteiger partial charge in [-0.15, -0.1) is 0 Å². The molecule has 3 saturated carbocycles. The van der Waals surface area contributed by atoms with Gasteiger partial charge in [-0.25, -0.2) is 0 Å². The Hall–Kier alpha value is -0.530. The summed E-state index contributed by atoms with van der Waals surface area (Å²) in [5.74, 6) is 0. The summed E-state index contributed by atoms with van der Waals surface area (Å²) in [6, 6.07) is 8.21. The number of halogens is 1. The van der Waals surface area contributed by atoms with Crippen LogP contribution in [-0.4, -0.2) is 5.54 Å². The van der Waals surface area contributed by atoms with Gasteiger partial charge in [0.1, 0.15) is 0 Å². The Bertz CT molecular complexity index is 352.